The number of carbonyl (C=O) groups is 1. The number of guanidine groups is 1. The molecule has 0 spiro atoms. The summed E-state index contributed by atoms with van der Waals surface area (Å²) in [7, 11) is 1.83. The summed E-state index contributed by atoms with van der Waals surface area (Å²) in [6.07, 6.45) is 3.66. The largest absolute Gasteiger partial charge is 0.379 e. The molecule has 3 rings (SSSR count). The predicted octanol–water partition coefficient (Wildman–Crippen LogP) is 1.07. The zero-order chi connectivity index (χ0) is 20.5. The van der Waals surface area contributed by atoms with Crippen LogP contribution < -0.4 is 5.32 Å². The van der Waals surface area contributed by atoms with Gasteiger partial charge >= 0.3 is 0 Å². The third kappa shape index (κ3) is 7.35. The summed E-state index contributed by atoms with van der Waals surface area (Å²) in [5.41, 5.74) is 0.996. The van der Waals surface area contributed by atoms with Crippen molar-refractivity contribution in [3.63, 3.8) is 0 Å². The molecular formula is C21H35IN6O2. The predicted molar refractivity (Wildman–Crippen MR) is 129 cm³/mol. The average Bonchev–Trinajstić information content (AvgIpc) is 3.26. The number of pyridine rings is 1. The van der Waals surface area contributed by atoms with Crippen LogP contribution in [0.3, 0.4) is 0 Å². The van der Waals surface area contributed by atoms with E-state index < -0.39 is 0 Å². The van der Waals surface area contributed by atoms with E-state index in [-0.39, 0.29) is 36.4 Å². The van der Waals surface area contributed by atoms with Crippen LogP contribution in [0.25, 0.3) is 0 Å². The molecule has 30 heavy (non-hydrogen) atoms. The molecule has 1 N–H and O–H groups in total. The van der Waals surface area contributed by atoms with Crippen LogP contribution in [0, 0.1) is 0 Å². The Balaban J connectivity index is 0.00000320. The highest BCUT2D eigenvalue weighted by atomic mass is 127. The van der Waals surface area contributed by atoms with E-state index in [0.29, 0.717) is 12.6 Å². The molecule has 0 aromatic carbocycles. The number of hydrogen-bond acceptors (Lipinski definition) is 5. The van der Waals surface area contributed by atoms with Gasteiger partial charge in [-0.15, -0.1) is 24.0 Å². The van der Waals surface area contributed by atoms with Crippen molar-refractivity contribution >= 4 is 35.8 Å². The number of hydrogen-bond donors (Lipinski definition) is 1. The van der Waals surface area contributed by atoms with Crippen LogP contribution in [0.4, 0.5) is 0 Å². The highest BCUT2D eigenvalue weighted by molar-refractivity contribution is 14.0. The fourth-order valence-electron chi connectivity index (χ4n) is 3.82. The van der Waals surface area contributed by atoms with Crippen LogP contribution in [0.5, 0.6) is 0 Å². The van der Waals surface area contributed by atoms with Crippen molar-refractivity contribution in [1.82, 2.24) is 25.0 Å². The van der Waals surface area contributed by atoms with Gasteiger partial charge in [0.15, 0.2) is 5.96 Å². The van der Waals surface area contributed by atoms with Gasteiger partial charge in [0.05, 0.1) is 13.2 Å². The Hall–Kier alpha value is -1.46. The first kappa shape index (κ1) is 24.8. The quantitative estimate of drug-likeness (QED) is 0.323. The van der Waals surface area contributed by atoms with Gasteiger partial charge in [0.1, 0.15) is 6.54 Å². The van der Waals surface area contributed by atoms with Gasteiger partial charge in [-0.05, 0) is 25.5 Å². The minimum Gasteiger partial charge on any atom is -0.379 e. The molecule has 2 aliphatic rings. The Bertz CT molecular complexity index is 669. The van der Waals surface area contributed by atoms with Crippen molar-refractivity contribution in [2.75, 3.05) is 66.1 Å². The monoisotopic (exact) mass is 530 g/mol. The first-order valence-corrected chi connectivity index (χ1v) is 10.7. The molecule has 0 bridgehead atoms. The van der Waals surface area contributed by atoms with E-state index in [1.54, 1.807) is 11.1 Å². The number of aromatic nitrogens is 1. The van der Waals surface area contributed by atoms with Crippen molar-refractivity contribution in [2.45, 2.75) is 25.8 Å². The summed E-state index contributed by atoms with van der Waals surface area (Å²) >= 11 is 0. The summed E-state index contributed by atoms with van der Waals surface area (Å²) in [5.74, 6) is 0.870. The summed E-state index contributed by atoms with van der Waals surface area (Å²) in [6, 6.07) is 6.40. The number of likely N-dealkylation sites (N-methyl/N-ethyl adjacent to an activating group) is 1. The maximum absolute atomic E-state index is 12.5. The first-order valence-electron chi connectivity index (χ1n) is 10.7. The number of morpholine rings is 1. The van der Waals surface area contributed by atoms with Crippen LogP contribution in [0.15, 0.2) is 29.4 Å². The molecule has 8 nitrogen and oxygen atoms in total. The van der Waals surface area contributed by atoms with E-state index in [1.165, 1.54) is 0 Å². The smallest absolute Gasteiger partial charge is 0.244 e. The van der Waals surface area contributed by atoms with Gasteiger partial charge in [-0.3, -0.25) is 14.7 Å². The Kier molecular flexibility index (Phi) is 10.8. The Morgan fingerprint density at radius 1 is 1.33 bits per heavy atom. The van der Waals surface area contributed by atoms with E-state index in [9.17, 15) is 4.79 Å². The lowest BCUT2D eigenvalue weighted by atomic mass is 10.2. The lowest BCUT2D eigenvalue weighted by Gasteiger charge is -2.32. The second-order valence-electron chi connectivity index (χ2n) is 7.59. The van der Waals surface area contributed by atoms with Crippen molar-refractivity contribution in [2.24, 2.45) is 4.99 Å². The molecule has 9 heteroatoms. The third-order valence-corrected chi connectivity index (χ3v) is 5.58. The average molecular weight is 530 g/mol. The SMILES string of the molecule is CCNC(=NCC(=O)N(C)CCc1ccccn1)N1CCC(N2CCOCC2)C1.I. The maximum Gasteiger partial charge on any atom is 0.244 e. The van der Waals surface area contributed by atoms with E-state index >= 15 is 0 Å². The molecule has 1 aromatic heterocycles. The molecule has 1 unspecified atom stereocenters. The van der Waals surface area contributed by atoms with Gasteiger partial charge < -0.3 is 19.9 Å². The first-order chi connectivity index (χ1) is 14.2. The van der Waals surface area contributed by atoms with E-state index in [0.717, 1.165) is 70.4 Å². The van der Waals surface area contributed by atoms with E-state index in [1.807, 2.05) is 25.2 Å². The third-order valence-electron chi connectivity index (χ3n) is 5.58. The van der Waals surface area contributed by atoms with Gasteiger partial charge in [0.2, 0.25) is 5.91 Å². The van der Waals surface area contributed by atoms with Crippen LogP contribution in [-0.2, 0) is 16.0 Å². The van der Waals surface area contributed by atoms with Gasteiger partial charge in [0, 0.05) is 70.7 Å². The van der Waals surface area contributed by atoms with Crippen LogP contribution in [0.1, 0.15) is 19.0 Å². The van der Waals surface area contributed by atoms with Gasteiger partial charge in [-0.25, -0.2) is 4.99 Å². The van der Waals surface area contributed by atoms with Crippen LogP contribution in [0.2, 0.25) is 0 Å². The fraction of sp³-hybridized carbons (Fsp3) is 0.667. The number of nitrogens with one attached hydrogen (secondary N) is 1. The Labute approximate surface area is 197 Å². The van der Waals surface area contributed by atoms with Crippen molar-refractivity contribution < 1.29 is 9.53 Å². The van der Waals surface area contributed by atoms with Crippen molar-refractivity contribution in [3.8, 4) is 0 Å². The molecule has 1 atom stereocenters. The molecule has 0 saturated carbocycles. The molecule has 168 valence electrons. The van der Waals surface area contributed by atoms with Crippen molar-refractivity contribution in [3.05, 3.63) is 30.1 Å². The molecule has 2 fully saturated rings. The summed E-state index contributed by atoms with van der Waals surface area (Å²) in [5, 5.41) is 3.35. The molecular weight excluding hydrogens is 495 g/mol. The van der Waals surface area contributed by atoms with Gasteiger partial charge in [-0.1, -0.05) is 6.07 Å². The summed E-state index contributed by atoms with van der Waals surface area (Å²) < 4.78 is 5.47. The molecule has 2 saturated heterocycles. The highest BCUT2D eigenvalue weighted by Gasteiger charge is 2.30. The van der Waals surface area contributed by atoms with Crippen LogP contribution >= 0.6 is 24.0 Å². The number of amides is 1. The molecule has 1 aromatic rings. The number of rotatable bonds is 7. The van der Waals surface area contributed by atoms with E-state index in [2.05, 4.69) is 32.0 Å². The maximum atomic E-state index is 12.5. The second kappa shape index (κ2) is 13.1. The fourth-order valence-corrected chi connectivity index (χ4v) is 3.82. The molecule has 0 radical (unpaired) electrons. The van der Waals surface area contributed by atoms with Crippen molar-refractivity contribution in [1.29, 1.82) is 0 Å². The summed E-state index contributed by atoms with van der Waals surface area (Å²) in [6.45, 7) is 9.25. The lowest BCUT2D eigenvalue weighted by Crippen LogP contribution is -2.47. The molecule has 2 aliphatic heterocycles. The highest BCUT2D eigenvalue weighted by Crippen LogP contribution is 2.17. The molecule has 1 amide bonds. The van der Waals surface area contributed by atoms with Gasteiger partial charge in [0.25, 0.3) is 0 Å². The number of ether oxygens (including phenoxy) is 1. The van der Waals surface area contributed by atoms with E-state index in [4.69, 9.17) is 4.74 Å². The lowest BCUT2D eigenvalue weighted by molar-refractivity contribution is -0.128. The number of likely N-dealkylation sites (tertiary alicyclic amines) is 1. The zero-order valence-electron chi connectivity index (χ0n) is 18.1. The summed E-state index contributed by atoms with van der Waals surface area (Å²) in [4.78, 5) is 28.0. The number of halogens is 1. The van der Waals surface area contributed by atoms with Gasteiger partial charge in [-0.2, -0.15) is 0 Å². The standard InChI is InChI=1S/C21H34N6O2.HI/c1-3-22-21(27-11-8-19(17-27)26-12-14-29-15-13-26)24-16-20(28)25(2)10-7-18-6-4-5-9-23-18;/h4-6,9,19H,3,7-8,10-17H2,1-2H3,(H,22,24);1H. The molecule has 3 heterocycles. The molecule has 0 aliphatic carbocycles. The second-order valence-corrected chi connectivity index (χ2v) is 7.59. The normalized spacial score (nSPS) is 20.0. The number of carbonyl (C=O) groups excluding carboxylic acids is 1. The Morgan fingerprint density at radius 3 is 2.83 bits per heavy atom. The Morgan fingerprint density at radius 2 is 2.13 bits per heavy atom. The minimum absolute atomic E-state index is 0. The topological polar surface area (TPSA) is 73.3 Å². The zero-order valence-corrected chi connectivity index (χ0v) is 20.5. The number of nitrogens with zero attached hydrogens (tertiary/aromatic N) is 5. The minimum atomic E-state index is 0. The number of aliphatic imine (C=N–C) groups is 1. The van der Waals surface area contributed by atoms with Crippen LogP contribution in [-0.4, -0.2) is 104 Å².